The summed E-state index contributed by atoms with van der Waals surface area (Å²) in [6.45, 7) is 0. The fraction of sp³-hybridized carbons (Fsp3) is 0.100. The van der Waals surface area contributed by atoms with Crippen molar-refractivity contribution in [1.29, 1.82) is 0 Å². The number of fused-ring (bicyclic) bond motifs is 1. The van der Waals surface area contributed by atoms with Crippen LogP contribution in [-0.4, -0.2) is 23.1 Å². The smallest absolute Gasteiger partial charge is 0.242 e. The van der Waals surface area contributed by atoms with Crippen LogP contribution in [0, 0.1) is 5.92 Å². The van der Waals surface area contributed by atoms with Crippen molar-refractivity contribution in [3.05, 3.63) is 23.8 Å². The third kappa shape index (κ3) is 1.28. The number of carbonyl (C=O) groups excluding carboxylic acids is 3. The van der Waals surface area contributed by atoms with Crippen molar-refractivity contribution < 1.29 is 19.5 Å². The number of phenols is 1. The number of rotatable bonds is 1. The molecule has 0 radical (unpaired) electrons. The average Bonchev–Trinajstić information content (AvgIpc) is 2.17. The maximum atomic E-state index is 11.6. The molecule has 0 spiro atoms. The zero-order valence-corrected chi connectivity index (χ0v) is 7.56. The Morgan fingerprint density at radius 1 is 1.33 bits per heavy atom. The molecule has 1 unspecified atom stereocenters. The maximum absolute atomic E-state index is 11.6. The largest absolute Gasteiger partial charge is 0.507 e. The van der Waals surface area contributed by atoms with Gasteiger partial charge in [0.1, 0.15) is 12.0 Å². The Kier molecular flexibility index (Phi) is 2.00. The van der Waals surface area contributed by atoms with E-state index in [0.717, 1.165) is 0 Å². The van der Waals surface area contributed by atoms with Gasteiger partial charge in [-0.1, -0.05) is 6.07 Å². The van der Waals surface area contributed by atoms with Crippen molar-refractivity contribution >= 4 is 23.7 Å². The second kappa shape index (κ2) is 3.20. The maximum Gasteiger partial charge on any atom is 0.242 e. The van der Waals surface area contributed by atoms with Gasteiger partial charge in [0.05, 0.1) is 11.3 Å². The average molecular weight is 205 g/mol. The minimum atomic E-state index is -1.36. The monoisotopic (exact) mass is 205 g/mol. The zero-order chi connectivity index (χ0) is 11.0. The van der Waals surface area contributed by atoms with Crippen LogP contribution in [0.2, 0.25) is 0 Å². The van der Waals surface area contributed by atoms with Crippen molar-refractivity contribution in [3.63, 3.8) is 0 Å². The molecule has 15 heavy (non-hydrogen) atoms. The normalized spacial score (nSPS) is 19.3. The van der Waals surface area contributed by atoms with Gasteiger partial charge in [-0.25, -0.2) is 0 Å². The predicted octanol–water partition coefficient (Wildman–Crippen LogP) is 0.342. The first kappa shape index (κ1) is 9.39. The minimum Gasteiger partial charge on any atom is -0.507 e. The summed E-state index contributed by atoms with van der Waals surface area (Å²) in [6, 6.07) is 4.32. The molecule has 1 aromatic rings. The molecule has 1 aromatic carbocycles. The van der Waals surface area contributed by atoms with E-state index < -0.39 is 17.6 Å². The highest BCUT2D eigenvalue weighted by Gasteiger charge is 2.35. The Hall–Kier alpha value is -2.17. The van der Waals surface area contributed by atoms with Crippen LogP contribution in [0.1, 0.15) is 10.4 Å². The fourth-order valence-corrected chi connectivity index (χ4v) is 1.51. The first-order chi connectivity index (χ1) is 7.15. The number of hydrogen-bond acceptors (Lipinski definition) is 4. The van der Waals surface area contributed by atoms with Crippen LogP contribution in [0.5, 0.6) is 5.75 Å². The van der Waals surface area contributed by atoms with Crippen LogP contribution in [0.3, 0.4) is 0 Å². The van der Waals surface area contributed by atoms with E-state index >= 15 is 0 Å². The number of nitrogens with one attached hydrogen (secondary N) is 1. The molecule has 1 amide bonds. The van der Waals surface area contributed by atoms with Gasteiger partial charge in [-0.2, -0.15) is 0 Å². The van der Waals surface area contributed by atoms with Crippen molar-refractivity contribution in [2.75, 3.05) is 5.32 Å². The van der Waals surface area contributed by atoms with Crippen molar-refractivity contribution in [2.45, 2.75) is 0 Å². The van der Waals surface area contributed by atoms with Crippen LogP contribution in [0.15, 0.2) is 18.2 Å². The van der Waals surface area contributed by atoms with E-state index in [2.05, 4.69) is 5.32 Å². The van der Waals surface area contributed by atoms with E-state index in [1.165, 1.54) is 18.2 Å². The van der Waals surface area contributed by atoms with E-state index in [-0.39, 0.29) is 23.3 Å². The van der Waals surface area contributed by atoms with E-state index in [4.69, 9.17) is 0 Å². The molecule has 1 atom stereocenters. The molecule has 2 N–H and O–H groups in total. The van der Waals surface area contributed by atoms with Crippen LogP contribution in [0.4, 0.5) is 5.69 Å². The number of carbonyl (C=O) groups is 3. The van der Waals surface area contributed by atoms with E-state index in [0.29, 0.717) is 0 Å². The lowest BCUT2D eigenvalue weighted by atomic mass is 9.92. The quantitative estimate of drug-likeness (QED) is 0.511. The molecule has 0 aromatic heterocycles. The van der Waals surface area contributed by atoms with Crippen molar-refractivity contribution in [1.82, 2.24) is 0 Å². The fourth-order valence-electron chi connectivity index (χ4n) is 1.51. The summed E-state index contributed by atoms with van der Waals surface area (Å²) in [4.78, 5) is 33.4. The second-order valence-corrected chi connectivity index (χ2v) is 3.17. The zero-order valence-electron chi connectivity index (χ0n) is 7.56. The van der Waals surface area contributed by atoms with Gasteiger partial charge >= 0.3 is 0 Å². The number of hydrogen-bond donors (Lipinski definition) is 2. The lowest BCUT2D eigenvalue weighted by molar-refractivity contribution is -0.123. The molecule has 0 bridgehead atoms. The highest BCUT2D eigenvalue weighted by atomic mass is 16.3. The summed E-state index contributed by atoms with van der Waals surface area (Å²) < 4.78 is 0. The first-order valence-corrected chi connectivity index (χ1v) is 4.27. The van der Waals surface area contributed by atoms with Crippen LogP contribution >= 0.6 is 0 Å². The molecule has 1 heterocycles. The molecular formula is C10H7NO4. The summed E-state index contributed by atoms with van der Waals surface area (Å²) >= 11 is 0. The van der Waals surface area contributed by atoms with Gasteiger partial charge in [0.2, 0.25) is 5.91 Å². The Bertz CT molecular complexity index is 466. The molecule has 76 valence electrons. The van der Waals surface area contributed by atoms with Gasteiger partial charge in [0.25, 0.3) is 0 Å². The Labute approximate surface area is 84.7 Å². The van der Waals surface area contributed by atoms with Gasteiger partial charge < -0.3 is 15.2 Å². The summed E-state index contributed by atoms with van der Waals surface area (Å²) in [5, 5.41) is 11.8. The molecule has 5 heteroatoms. The lowest BCUT2D eigenvalue weighted by Gasteiger charge is -2.20. The number of ketones is 1. The minimum absolute atomic E-state index is 0.00537. The third-order valence-corrected chi connectivity index (χ3v) is 2.25. The molecule has 1 aliphatic rings. The van der Waals surface area contributed by atoms with Crippen LogP contribution in [0.25, 0.3) is 0 Å². The van der Waals surface area contributed by atoms with E-state index in [9.17, 15) is 19.5 Å². The number of aldehydes is 1. The summed E-state index contributed by atoms with van der Waals surface area (Å²) in [6.07, 6.45) is 0.271. The summed E-state index contributed by atoms with van der Waals surface area (Å²) in [5.41, 5.74) is 0.234. The number of benzene rings is 1. The topological polar surface area (TPSA) is 83.5 Å². The van der Waals surface area contributed by atoms with E-state index in [1.807, 2.05) is 0 Å². The molecule has 1 aliphatic heterocycles. The number of aromatic hydroxyl groups is 1. The first-order valence-electron chi connectivity index (χ1n) is 4.27. The summed E-state index contributed by atoms with van der Waals surface area (Å²) in [5.74, 6) is -2.91. The third-order valence-electron chi connectivity index (χ3n) is 2.25. The molecule has 0 saturated carbocycles. The van der Waals surface area contributed by atoms with Gasteiger partial charge in [-0.15, -0.1) is 0 Å². The molecule has 0 aliphatic carbocycles. The van der Waals surface area contributed by atoms with Gasteiger partial charge in [0.15, 0.2) is 11.7 Å². The van der Waals surface area contributed by atoms with Gasteiger partial charge in [-0.3, -0.25) is 9.59 Å². The highest BCUT2D eigenvalue weighted by Crippen LogP contribution is 2.31. The Morgan fingerprint density at radius 3 is 2.73 bits per heavy atom. The van der Waals surface area contributed by atoms with Crippen molar-refractivity contribution in [2.24, 2.45) is 5.92 Å². The predicted molar refractivity (Wildman–Crippen MR) is 50.6 cm³/mol. The standard InChI is InChI=1S/C10H7NO4/c12-4-5-9(14)8-6(11-10(5)15)2-1-3-7(8)13/h1-5,13H,(H,11,15). The Morgan fingerprint density at radius 2 is 2.07 bits per heavy atom. The SMILES string of the molecule is O=CC1C(=O)Nc2cccc(O)c2C1=O. The molecular weight excluding hydrogens is 198 g/mol. The second-order valence-electron chi connectivity index (χ2n) is 3.17. The number of amides is 1. The Balaban J connectivity index is 2.61. The van der Waals surface area contributed by atoms with Crippen LogP contribution in [-0.2, 0) is 9.59 Å². The van der Waals surface area contributed by atoms with Gasteiger partial charge in [-0.05, 0) is 12.1 Å². The molecule has 0 fully saturated rings. The summed E-state index contributed by atoms with van der Waals surface area (Å²) in [7, 11) is 0. The molecule has 5 nitrogen and oxygen atoms in total. The highest BCUT2D eigenvalue weighted by molar-refractivity contribution is 6.28. The lowest BCUT2D eigenvalue weighted by Crippen LogP contribution is -2.36. The molecule has 2 rings (SSSR count). The number of anilines is 1. The number of phenolic OH excluding ortho intramolecular Hbond substituents is 1. The van der Waals surface area contributed by atoms with Crippen molar-refractivity contribution in [3.8, 4) is 5.75 Å². The van der Waals surface area contributed by atoms with E-state index in [1.54, 1.807) is 0 Å². The van der Waals surface area contributed by atoms with Crippen LogP contribution < -0.4 is 5.32 Å². The number of Topliss-reactive ketones (excluding diaryl/α,β-unsaturated/α-hetero) is 1. The van der Waals surface area contributed by atoms with Gasteiger partial charge in [0, 0.05) is 0 Å². The molecule has 0 saturated heterocycles.